The first-order valence-corrected chi connectivity index (χ1v) is 6.94. The maximum absolute atomic E-state index is 12.0. The molecule has 0 aliphatic carbocycles. The first-order valence-electron chi connectivity index (χ1n) is 6.94. The predicted molar refractivity (Wildman–Crippen MR) is 80.6 cm³/mol. The lowest BCUT2D eigenvalue weighted by molar-refractivity contribution is -0.128. The number of methoxy groups -OCH3 is 1. The lowest BCUT2D eigenvalue weighted by Gasteiger charge is -2.15. The van der Waals surface area contributed by atoms with Crippen LogP contribution in [0.3, 0.4) is 0 Å². The van der Waals surface area contributed by atoms with Crippen LogP contribution >= 0.6 is 0 Å². The van der Waals surface area contributed by atoms with Crippen LogP contribution in [-0.4, -0.2) is 45.2 Å². The molecule has 0 bridgehead atoms. The van der Waals surface area contributed by atoms with Gasteiger partial charge in [-0.25, -0.2) is 0 Å². The molecule has 0 radical (unpaired) electrons. The van der Waals surface area contributed by atoms with E-state index in [4.69, 9.17) is 10.5 Å². The third kappa shape index (κ3) is 6.87. The predicted octanol–water partition coefficient (Wildman–Crippen LogP) is -0.317. The van der Waals surface area contributed by atoms with Crippen molar-refractivity contribution in [2.24, 2.45) is 11.7 Å². The van der Waals surface area contributed by atoms with Gasteiger partial charge in [-0.2, -0.15) is 0 Å². The summed E-state index contributed by atoms with van der Waals surface area (Å²) in [6.07, 6.45) is 0.564. The summed E-state index contributed by atoms with van der Waals surface area (Å²) in [5.41, 5.74) is 6.70. The Balaban J connectivity index is 2.36. The number of benzene rings is 1. The van der Waals surface area contributed by atoms with Crippen LogP contribution in [0.2, 0.25) is 0 Å². The van der Waals surface area contributed by atoms with E-state index in [2.05, 4.69) is 10.6 Å². The Labute approximate surface area is 125 Å². The van der Waals surface area contributed by atoms with Crippen molar-refractivity contribution in [3.63, 3.8) is 0 Å². The van der Waals surface area contributed by atoms with Crippen LogP contribution in [0.25, 0.3) is 0 Å². The van der Waals surface area contributed by atoms with Crippen LogP contribution in [0.5, 0.6) is 0 Å². The van der Waals surface area contributed by atoms with E-state index in [1.807, 2.05) is 30.3 Å². The van der Waals surface area contributed by atoms with Gasteiger partial charge in [0.05, 0.1) is 19.1 Å². The molecule has 1 aromatic rings. The van der Waals surface area contributed by atoms with Crippen molar-refractivity contribution in [3.05, 3.63) is 35.9 Å². The van der Waals surface area contributed by atoms with Crippen molar-refractivity contribution in [2.75, 3.05) is 33.4 Å². The molecule has 116 valence electrons. The van der Waals surface area contributed by atoms with Crippen molar-refractivity contribution < 1.29 is 14.3 Å². The first-order chi connectivity index (χ1) is 10.2. The van der Waals surface area contributed by atoms with Crippen LogP contribution < -0.4 is 16.4 Å². The maximum atomic E-state index is 12.0. The second kappa shape index (κ2) is 9.90. The van der Waals surface area contributed by atoms with Crippen LogP contribution in [0, 0.1) is 5.92 Å². The molecular weight excluding hydrogens is 270 g/mol. The largest absolute Gasteiger partial charge is 0.383 e. The van der Waals surface area contributed by atoms with E-state index in [1.54, 1.807) is 7.11 Å². The van der Waals surface area contributed by atoms with E-state index in [1.165, 1.54) is 0 Å². The topological polar surface area (TPSA) is 93.5 Å². The van der Waals surface area contributed by atoms with Crippen molar-refractivity contribution >= 4 is 11.8 Å². The summed E-state index contributed by atoms with van der Waals surface area (Å²) in [4.78, 5) is 23.5. The van der Waals surface area contributed by atoms with Crippen LogP contribution in [0.4, 0.5) is 0 Å². The van der Waals surface area contributed by atoms with Crippen molar-refractivity contribution in [3.8, 4) is 0 Å². The van der Waals surface area contributed by atoms with Gasteiger partial charge in [-0.1, -0.05) is 30.3 Å². The van der Waals surface area contributed by atoms with Crippen molar-refractivity contribution in [2.45, 2.75) is 6.42 Å². The molecule has 0 saturated heterocycles. The molecule has 21 heavy (non-hydrogen) atoms. The summed E-state index contributed by atoms with van der Waals surface area (Å²) in [5, 5.41) is 5.24. The van der Waals surface area contributed by atoms with Gasteiger partial charge in [0.15, 0.2) is 0 Å². The van der Waals surface area contributed by atoms with E-state index in [0.29, 0.717) is 19.6 Å². The number of hydrogen-bond donors (Lipinski definition) is 3. The Morgan fingerprint density at radius 3 is 2.57 bits per heavy atom. The molecule has 1 aromatic carbocycles. The summed E-state index contributed by atoms with van der Waals surface area (Å²) in [7, 11) is 1.56. The zero-order chi connectivity index (χ0) is 15.5. The molecule has 0 spiro atoms. The number of nitrogens with two attached hydrogens (primary N) is 1. The lowest BCUT2D eigenvalue weighted by atomic mass is 9.98. The molecule has 6 nitrogen and oxygen atoms in total. The third-order valence-corrected chi connectivity index (χ3v) is 3.03. The number of ether oxygens (including phenoxy) is 1. The number of carbonyl (C=O) groups excluding carboxylic acids is 2. The highest BCUT2D eigenvalue weighted by molar-refractivity contribution is 5.86. The fourth-order valence-electron chi connectivity index (χ4n) is 1.85. The molecule has 1 unspecified atom stereocenters. The SMILES string of the molecule is COCCNC(=O)CNC(=O)C(CN)Cc1ccccc1. The number of carbonyl (C=O) groups is 2. The third-order valence-electron chi connectivity index (χ3n) is 3.03. The van der Waals surface area contributed by atoms with Gasteiger partial charge in [0.25, 0.3) is 0 Å². The average molecular weight is 293 g/mol. The molecule has 0 fully saturated rings. The van der Waals surface area contributed by atoms with Gasteiger partial charge >= 0.3 is 0 Å². The van der Waals surface area contributed by atoms with Gasteiger partial charge in [-0.3, -0.25) is 9.59 Å². The minimum atomic E-state index is -0.334. The summed E-state index contributed by atoms with van der Waals surface area (Å²) in [6.45, 7) is 1.06. The van der Waals surface area contributed by atoms with E-state index < -0.39 is 0 Å². The Bertz CT molecular complexity index is 437. The van der Waals surface area contributed by atoms with Crippen LogP contribution in [0.15, 0.2) is 30.3 Å². The van der Waals surface area contributed by atoms with E-state index in [9.17, 15) is 9.59 Å². The number of hydrogen-bond acceptors (Lipinski definition) is 4. The molecule has 0 aliphatic rings. The lowest BCUT2D eigenvalue weighted by Crippen LogP contribution is -2.42. The fraction of sp³-hybridized carbons (Fsp3) is 0.467. The van der Waals surface area contributed by atoms with Gasteiger partial charge in [-0.05, 0) is 12.0 Å². The Hall–Kier alpha value is -1.92. The highest BCUT2D eigenvalue weighted by Gasteiger charge is 2.17. The standard InChI is InChI=1S/C15H23N3O3/c1-21-8-7-17-14(19)11-18-15(20)13(10-16)9-12-5-3-2-4-6-12/h2-6,13H,7-11,16H2,1H3,(H,17,19)(H,18,20). The Morgan fingerprint density at radius 2 is 1.95 bits per heavy atom. The van der Waals surface area contributed by atoms with E-state index in [0.717, 1.165) is 5.56 Å². The molecule has 0 aliphatic heterocycles. The fourth-order valence-corrected chi connectivity index (χ4v) is 1.85. The zero-order valence-electron chi connectivity index (χ0n) is 12.3. The second-order valence-electron chi connectivity index (χ2n) is 4.68. The van der Waals surface area contributed by atoms with E-state index in [-0.39, 0.29) is 30.8 Å². The van der Waals surface area contributed by atoms with Crippen molar-refractivity contribution in [1.82, 2.24) is 10.6 Å². The summed E-state index contributed by atoms with van der Waals surface area (Å²) in [5.74, 6) is -0.779. The second-order valence-corrected chi connectivity index (χ2v) is 4.68. The highest BCUT2D eigenvalue weighted by atomic mass is 16.5. The van der Waals surface area contributed by atoms with Crippen LogP contribution in [-0.2, 0) is 20.7 Å². The molecule has 1 rings (SSSR count). The van der Waals surface area contributed by atoms with E-state index >= 15 is 0 Å². The maximum Gasteiger partial charge on any atom is 0.239 e. The van der Waals surface area contributed by atoms with Crippen LogP contribution in [0.1, 0.15) is 5.56 Å². The molecule has 4 N–H and O–H groups in total. The highest BCUT2D eigenvalue weighted by Crippen LogP contribution is 2.07. The molecule has 6 heteroatoms. The van der Waals surface area contributed by atoms with Gasteiger partial charge in [0.2, 0.25) is 11.8 Å². The molecule has 0 heterocycles. The van der Waals surface area contributed by atoms with Gasteiger partial charge in [-0.15, -0.1) is 0 Å². The summed E-state index contributed by atoms with van der Waals surface area (Å²) >= 11 is 0. The van der Waals surface area contributed by atoms with Gasteiger partial charge < -0.3 is 21.1 Å². The first kappa shape index (κ1) is 17.1. The minimum Gasteiger partial charge on any atom is -0.383 e. The summed E-state index contributed by atoms with van der Waals surface area (Å²) < 4.78 is 4.82. The quantitative estimate of drug-likeness (QED) is 0.544. The molecule has 2 amide bonds. The number of rotatable bonds is 9. The van der Waals surface area contributed by atoms with Gasteiger partial charge in [0.1, 0.15) is 0 Å². The Kier molecular flexibility index (Phi) is 8.08. The smallest absolute Gasteiger partial charge is 0.239 e. The average Bonchev–Trinajstić information content (AvgIpc) is 2.51. The molecule has 0 saturated carbocycles. The van der Waals surface area contributed by atoms with Gasteiger partial charge in [0, 0.05) is 20.2 Å². The summed E-state index contributed by atoms with van der Waals surface area (Å²) in [6, 6.07) is 9.67. The normalized spacial score (nSPS) is 11.7. The minimum absolute atomic E-state index is 0.0478. The molecule has 0 aromatic heterocycles. The van der Waals surface area contributed by atoms with Crippen molar-refractivity contribution in [1.29, 1.82) is 0 Å². The zero-order valence-corrected chi connectivity index (χ0v) is 12.3. The Morgan fingerprint density at radius 1 is 1.24 bits per heavy atom. The monoisotopic (exact) mass is 293 g/mol. The molecule has 1 atom stereocenters. The number of nitrogens with one attached hydrogen (secondary N) is 2. The molecular formula is C15H23N3O3. The number of amides is 2.